The first-order chi connectivity index (χ1) is 6.07. The van der Waals surface area contributed by atoms with E-state index >= 15 is 0 Å². The first-order valence-corrected chi connectivity index (χ1v) is 5.08. The number of hydrogen-bond acceptors (Lipinski definition) is 1. The number of hydrogen-bond donors (Lipinski definition) is 1. The maximum Gasteiger partial charge on any atom is 0.336 e. The topological polar surface area (TPSA) is 37.3 Å². The Morgan fingerprint density at radius 2 is 1.92 bits per heavy atom. The lowest BCUT2D eigenvalue weighted by molar-refractivity contribution is 0.0695. The quantitative estimate of drug-likeness (QED) is 0.811. The van der Waals surface area contributed by atoms with Gasteiger partial charge in [0.25, 0.3) is 0 Å². The number of benzene rings is 1. The van der Waals surface area contributed by atoms with Gasteiger partial charge in [0, 0.05) is 5.33 Å². The van der Waals surface area contributed by atoms with E-state index in [1.54, 1.807) is 0 Å². The third-order valence-corrected chi connectivity index (χ3v) is 2.66. The zero-order valence-electron chi connectivity index (χ0n) is 7.60. The lowest BCUT2D eigenvalue weighted by Gasteiger charge is -2.09. The summed E-state index contributed by atoms with van der Waals surface area (Å²) < 4.78 is 0. The molecule has 2 nitrogen and oxygen atoms in total. The molecule has 1 rings (SSSR count). The number of aromatic carboxylic acids is 1. The fraction of sp³-hybridized carbons (Fsp3) is 0.300. The SMILES string of the molecule is Cc1ccc(C)c(C(=O)O)c1CBr. The van der Waals surface area contributed by atoms with Gasteiger partial charge in [-0.3, -0.25) is 0 Å². The largest absolute Gasteiger partial charge is 0.478 e. The molecule has 1 aromatic carbocycles. The lowest BCUT2D eigenvalue weighted by atomic mass is 9.99. The maximum atomic E-state index is 10.9. The Balaban J connectivity index is 3.43. The Bertz CT molecular complexity index is 345. The van der Waals surface area contributed by atoms with Gasteiger partial charge in [0.2, 0.25) is 0 Å². The molecule has 13 heavy (non-hydrogen) atoms. The summed E-state index contributed by atoms with van der Waals surface area (Å²) in [6.07, 6.45) is 0. The predicted molar refractivity (Wildman–Crippen MR) is 55.5 cm³/mol. The van der Waals surface area contributed by atoms with E-state index in [1.807, 2.05) is 26.0 Å². The van der Waals surface area contributed by atoms with Crippen LogP contribution in [0.3, 0.4) is 0 Å². The second kappa shape index (κ2) is 3.92. The van der Waals surface area contributed by atoms with E-state index in [1.165, 1.54) is 0 Å². The predicted octanol–water partition coefficient (Wildman–Crippen LogP) is 2.90. The highest BCUT2D eigenvalue weighted by Crippen LogP contribution is 2.21. The molecule has 1 N–H and O–H groups in total. The van der Waals surface area contributed by atoms with Crippen LogP contribution in [0.2, 0.25) is 0 Å². The van der Waals surface area contributed by atoms with Gasteiger partial charge >= 0.3 is 5.97 Å². The first-order valence-electron chi connectivity index (χ1n) is 3.96. The molecule has 0 spiro atoms. The van der Waals surface area contributed by atoms with Crippen LogP contribution < -0.4 is 0 Å². The highest BCUT2D eigenvalue weighted by atomic mass is 79.9. The van der Waals surface area contributed by atoms with Gasteiger partial charge in [-0.25, -0.2) is 4.79 Å². The smallest absolute Gasteiger partial charge is 0.336 e. The minimum absolute atomic E-state index is 0.428. The van der Waals surface area contributed by atoms with Crippen molar-refractivity contribution in [3.63, 3.8) is 0 Å². The van der Waals surface area contributed by atoms with E-state index in [0.717, 1.165) is 16.7 Å². The average molecular weight is 243 g/mol. The molecule has 0 saturated carbocycles. The summed E-state index contributed by atoms with van der Waals surface area (Å²) in [7, 11) is 0. The molecule has 0 heterocycles. The van der Waals surface area contributed by atoms with Crippen LogP contribution in [0.15, 0.2) is 12.1 Å². The minimum Gasteiger partial charge on any atom is -0.478 e. The minimum atomic E-state index is -0.851. The highest BCUT2D eigenvalue weighted by Gasteiger charge is 2.13. The fourth-order valence-electron chi connectivity index (χ4n) is 1.34. The zero-order chi connectivity index (χ0) is 10.0. The summed E-state index contributed by atoms with van der Waals surface area (Å²) in [6.45, 7) is 3.73. The number of alkyl halides is 1. The van der Waals surface area contributed by atoms with Crippen molar-refractivity contribution in [1.29, 1.82) is 0 Å². The van der Waals surface area contributed by atoms with Crippen molar-refractivity contribution in [3.05, 3.63) is 34.4 Å². The van der Waals surface area contributed by atoms with Crippen LogP contribution in [0.25, 0.3) is 0 Å². The molecule has 0 aliphatic heterocycles. The first kappa shape index (κ1) is 10.3. The van der Waals surface area contributed by atoms with Gasteiger partial charge in [-0.05, 0) is 30.5 Å². The molecule has 3 heteroatoms. The molecule has 0 aliphatic rings. The van der Waals surface area contributed by atoms with E-state index in [9.17, 15) is 4.79 Å². The van der Waals surface area contributed by atoms with E-state index in [4.69, 9.17) is 5.11 Å². The Kier molecular flexibility index (Phi) is 3.09. The molecule has 0 aromatic heterocycles. The number of carboxylic acids is 1. The molecule has 0 bridgehead atoms. The molecule has 0 amide bonds. The third kappa shape index (κ3) is 1.91. The van der Waals surface area contributed by atoms with Crippen molar-refractivity contribution in [2.24, 2.45) is 0 Å². The standard InChI is InChI=1S/C10H11BrO2/c1-6-3-4-7(2)9(10(12)13)8(6)5-11/h3-4H,5H2,1-2H3,(H,12,13). The lowest BCUT2D eigenvalue weighted by Crippen LogP contribution is -2.05. The van der Waals surface area contributed by atoms with Crippen molar-refractivity contribution in [2.45, 2.75) is 19.2 Å². The summed E-state index contributed by atoms with van der Waals surface area (Å²) in [5, 5.41) is 9.57. The van der Waals surface area contributed by atoms with Crippen LogP contribution in [0.1, 0.15) is 27.0 Å². The van der Waals surface area contributed by atoms with Gasteiger partial charge in [0.05, 0.1) is 5.56 Å². The van der Waals surface area contributed by atoms with Crippen LogP contribution >= 0.6 is 15.9 Å². The van der Waals surface area contributed by atoms with Gasteiger partial charge in [0.1, 0.15) is 0 Å². The molecule has 0 radical (unpaired) electrons. The highest BCUT2D eigenvalue weighted by molar-refractivity contribution is 9.08. The Hall–Kier alpha value is -0.830. The molecule has 1 aromatic rings. The number of carboxylic acid groups (broad SMARTS) is 1. The summed E-state index contributed by atoms with van der Waals surface area (Å²) in [4.78, 5) is 10.9. The van der Waals surface area contributed by atoms with E-state index in [0.29, 0.717) is 10.9 Å². The summed E-state index contributed by atoms with van der Waals surface area (Å²) in [5.74, 6) is -0.851. The van der Waals surface area contributed by atoms with Gasteiger partial charge in [-0.1, -0.05) is 28.1 Å². The van der Waals surface area contributed by atoms with Gasteiger partial charge in [-0.15, -0.1) is 0 Å². The Morgan fingerprint density at radius 1 is 1.38 bits per heavy atom. The van der Waals surface area contributed by atoms with Gasteiger partial charge < -0.3 is 5.11 Å². The van der Waals surface area contributed by atoms with Crippen LogP contribution in [-0.4, -0.2) is 11.1 Å². The van der Waals surface area contributed by atoms with Crippen molar-refractivity contribution < 1.29 is 9.90 Å². The fourth-order valence-corrected chi connectivity index (χ4v) is 2.06. The van der Waals surface area contributed by atoms with Crippen LogP contribution in [0.4, 0.5) is 0 Å². The van der Waals surface area contributed by atoms with Gasteiger partial charge in [-0.2, -0.15) is 0 Å². The average Bonchev–Trinajstić information content (AvgIpc) is 2.07. The molecule has 0 fully saturated rings. The monoisotopic (exact) mass is 242 g/mol. The van der Waals surface area contributed by atoms with E-state index in [-0.39, 0.29) is 0 Å². The van der Waals surface area contributed by atoms with E-state index < -0.39 is 5.97 Å². The van der Waals surface area contributed by atoms with Crippen molar-refractivity contribution in [2.75, 3.05) is 0 Å². The zero-order valence-corrected chi connectivity index (χ0v) is 9.18. The molecule has 0 saturated heterocycles. The normalized spacial score (nSPS) is 10.1. The van der Waals surface area contributed by atoms with Crippen LogP contribution in [0.5, 0.6) is 0 Å². The molecule has 70 valence electrons. The molecule has 0 unspecified atom stereocenters. The third-order valence-electron chi connectivity index (χ3n) is 2.10. The summed E-state index contributed by atoms with van der Waals surface area (Å²) in [5.41, 5.74) is 3.12. The number of halogens is 1. The Labute approximate surface area is 85.7 Å². The second-order valence-electron chi connectivity index (χ2n) is 2.99. The molecule has 0 atom stereocenters. The molecular formula is C10H11BrO2. The van der Waals surface area contributed by atoms with Crippen molar-refractivity contribution in [1.82, 2.24) is 0 Å². The van der Waals surface area contributed by atoms with Gasteiger partial charge in [0.15, 0.2) is 0 Å². The number of aryl methyl sites for hydroxylation is 2. The van der Waals surface area contributed by atoms with Crippen molar-refractivity contribution in [3.8, 4) is 0 Å². The number of carbonyl (C=O) groups is 1. The molecular weight excluding hydrogens is 232 g/mol. The number of rotatable bonds is 2. The van der Waals surface area contributed by atoms with Crippen LogP contribution in [0, 0.1) is 13.8 Å². The maximum absolute atomic E-state index is 10.9. The van der Waals surface area contributed by atoms with E-state index in [2.05, 4.69) is 15.9 Å². The summed E-state index contributed by atoms with van der Waals surface area (Å²) in [6, 6.07) is 3.78. The summed E-state index contributed by atoms with van der Waals surface area (Å²) >= 11 is 3.30. The van der Waals surface area contributed by atoms with Crippen LogP contribution in [-0.2, 0) is 5.33 Å². The second-order valence-corrected chi connectivity index (χ2v) is 3.55. The van der Waals surface area contributed by atoms with Crippen molar-refractivity contribution >= 4 is 21.9 Å². The molecule has 0 aliphatic carbocycles. The Morgan fingerprint density at radius 3 is 2.31 bits per heavy atom.